The summed E-state index contributed by atoms with van der Waals surface area (Å²) in [5.74, 6) is 0. The lowest BCUT2D eigenvalue weighted by Gasteiger charge is -2.28. The first-order valence-electron chi connectivity index (χ1n) is 6.80. The van der Waals surface area contributed by atoms with Gasteiger partial charge in [-0.2, -0.15) is 5.10 Å². The predicted octanol–water partition coefficient (Wildman–Crippen LogP) is 1.95. The Hall–Kier alpha value is -0.870. The van der Waals surface area contributed by atoms with Crippen molar-refractivity contribution in [2.75, 3.05) is 13.2 Å². The van der Waals surface area contributed by atoms with E-state index < -0.39 is 0 Å². The number of nitrogens with zero attached hydrogens (tertiary/aromatic N) is 2. The molecule has 0 saturated heterocycles. The molecule has 0 bridgehead atoms. The fourth-order valence-corrected chi connectivity index (χ4v) is 2.27. The normalized spacial score (nSPS) is 14.8. The van der Waals surface area contributed by atoms with E-state index in [-0.39, 0.29) is 12.1 Å². The molecule has 4 nitrogen and oxygen atoms in total. The van der Waals surface area contributed by atoms with Crippen LogP contribution in [0, 0.1) is 20.8 Å². The number of aliphatic hydroxyl groups excluding tert-OH is 1. The third-order valence-electron chi connectivity index (χ3n) is 3.79. The van der Waals surface area contributed by atoms with Crippen LogP contribution in [0.15, 0.2) is 0 Å². The van der Waals surface area contributed by atoms with Crippen LogP contribution in [0.5, 0.6) is 0 Å². The van der Waals surface area contributed by atoms with Gasteiger partial charge in [0.25, 0.3) is 0 Å². The van der Waals surface area contributed by atoms with Crippen LogP contribution >= 0.6 is 0 Å². The predicted molar refractivity (Wildman–Crippen MR) is 74.8 cm³/mol. The lowest BCUT2D eigenvalue weighted by atomic mass is 9.97. The molecular weight excluding hydrogens is 226 g/mol. The highest BCUT2D eigenvalue weighted by molar-refractivity contribution is 5.21. The molecule has 18 heavy (non-hydrogen) atoms. The van der Waals surface area contributed by atoms with Gasteiger partial charge in [-0.15, -0.1) is 0 Å². The van der Waals surface area contributed by atoms with Gasteiger partial charge in [0, 0.05) is 17.8 Å². The van der Waals surface area contributed by atoms with Crippen molar-refractivity contribution in [3.05, 3.63) is 17.0 Å². The molecule has 0 radical (unpaired) electrons. The van der Waals surface area contributed by atoms with Gasteiger partial charge in [-0.25, -0.2) is 0 Å². The summed E-state index contributed by atoms with van der Waals surface area (Å²) in [4.78, 5) is 0. The number of nitrogens with one attached hydrogen (secondary N) is 1. The minimum absolute atomic E-state index is 0.167. The zero-order valence-corrected chi connectivity index (χ0v) is 12.4. The first kappa shape index (κ1) is 15.2. The Kier molecular flexibility index (Phi) is 5.35. The van der Waals surface area contributed by atoms with Gasteiger partial charge in [0.15, 0.2) is 0 Å². The monoisotopic (exact) mass is 253 g/mol. The van der Waals surface area contributed by atoms with Crippen molar-refractivity contribution in [2.45, 2.75) is 59.5 Å². The molecule has 0 spiro atoms. The van der Waals surface area contributed by atoms with E-state index in [1.165, 1.54) is 11.3 Å². The summed E-state index contributed by atoms with van der Waals surface area (Å²) in [6.07, 6.45) is 1.97. The topological polar surface area (TPSA) is 50.1 Å². The van der Waals surface area contributed by atoms with Crippen LogP contribution in [0.2, 0.25) is 0 Å². The first-order valence-corrected chi connectivity index (χ1v) is 6.80. The fourth-order valence-electron chi connectivity index (χ4n) is 2.27. The highest BCUT2D eigenvalue weighted by atomic mass is 16.3. The van der Waals surface area contributed by atoms with Crippen molar-refractivity contribution < 1.29 is 5.11 Å². The molecule has 1 heterocycles. The van der Waals surface area contributed by atoms with E-state index in [9.17, 15) is 5.11 Å². The van der Waals surface area contributed by atoms with Crippen LogP contribution in [-0.4, -0.2) is 33.6 Å². The van der Waals surface area contributed by atoms with Gasteiger partial charge in [0.2, 0.25) is 0 Å². The molecule has 0 amide bonds. The molecular formula is C14H27N3O. The number of rotatable bonds is 7. The van der Waals surface area contributed by atoms with Crippen LogP contribution in [0.3, 0.4) is 0 Å². The van der Waals surface area contributed by atoms with Crippen molar-refractivity contribution in [1.29, 1.82) is 0 Å². The summed E-state index contributed by atoms with van der Waals surface area (Å²) in [6, 6.07) is 0. The van der Waals surface area contributed by atoms with Crippen molar-refractivity contribution in [3.8, 4) is 0 Å². The van der Waals surface area contributed by atoms with Crippen molar-refractivity contribution in [1.82, 2.24) is 15.1 Å². The zero-order chi connectivity index (χ0) is 13.8. The zero-order valence-electron chi connectivity index (χ0n) is 12.4. The van der Waals surface area contributed by atoms with Gasteiger partial charge >= 0.3 is 0 Å². The van der Waals surface area contributed by atoms with Gasteiger partial charge in [-0.05, 0) is 52.6 Å². The third-order valence-corrected chi connectivity index (χ3v) is 3.79. The maximum absolute atomic E-state index is 9.43. The molecule has 104 valence electrons. The van der Waals surface area contributed by atoms with E-state index in [0.29, 0.717) is 0 Å². The number of aliphatic hydroxyl groups is 1. The average molecular weight is 253 g/mol. The maximum Gasteiger partial charge on any atom is 0.0625 e. The lowest BCUT2D eigenvalue weighted by molar-refractivity contribution is 0.163. The molecule has 1 unspecified atom stereocenters. The SMILES string of the molecule is CCNC(C)(CO)CCCn1nc(C)c(C)c1C. The Morgan fingerprint density at radius 2 is 2.00 bits per heavy atom. The highest BCUT2D eigenvalue weighted by Crippen LogP contribution is 2.15. The summed E-state index contributed by atoms with van der Waals surface area (Å²) < 4.78 is 2.08. The van der Waals surface area contributed by atoms with Crippen LogP contribution in [-0.2, 0) is 6.54 Å². The Bertz CT molecular complexity index is 387. The Labute approximate surface area is 110 Å². The molecule has 1 atom stereocenters. The summed E-state index contributed by atoms with van der Waals surface area (Å²) in [7, 11) is 0. The largest absolute Gasteiger partial charge is 0.394 e. The average Bonchev–Trinajstić information content (AvgIpc) is 2.57. The smallest absolute Gasteiger partial charge is 0.0625 e. The van der Waals surface area contributed by atoms with E-state index >= 15 is 0 Å². The lowest BCUT2D eigenvalue weighted by Crippen LogP contribution is -2.45. The Morgan fingerprint density at radius 3 is 2.44 bits per heavy atom. The molecule has 0 aliphatic rings. The number of likely N-dealkylation sites (N-methyl/N-ethyl adjacent to an activating group) is 1. The summed E-state index contributed by atoms with van der Waals surface area (Å²) in [5, 5.41) is 17.3. The van der Waals surface area contributed by atoms with E-state index in [2.05, 4.69) is 49.7 Å². The van der Waals surface area contributed by atoms with Crippen molar-refractivity contribution in [3.63, 3.8) is 0 Å². The molecule has 1 aromatic heterocycles. The van der Waals surface area contributed by atoms with Crippen molar-refractivity contribution >= 4 is 0 Å². The molecule has 4 heteroatoms. The van der Waals surface area contributed by atoms with Gasteiger partial charge in [0.05, 0.1) is 12.3 Å². The van der Waals surface area contributed by atoms with Gasteiger partial charge < -0.3 is 10.4 Å². The Morgan fingerprint density at radius 1 is 1.33 bits per heavy atom. The van der Waals surface area contributed by atoms with E-state index in [1.54, 1.807) is 0 Å². The quantitative estimate of drug-likeness (QED) is 0.781. The van der Waals surface area contributed by atoms with Crippen LogP contribution in [0.1, 0.15) is 43.6 Å². The molecule has 1 rings (SSSR count). The standard InChI is InChI=1S/C14H27N3O/c1-6-15-14(5,10-18)8-7-9-17-13(4)11(2)12(3)16-17/h15,18H,6-10H2,1-5H3. The summed E-state index contributed by atoms with van der Waals surface area (Å²) in [6.45, 7) is 12.4. The van der Waals surface area contributed by atoms with Gasteiger partial charge in [-0.3, -0.25) is 4.68 Å². The fraction of sp³-hybridized carbons (Fsp3) is 0.786. The highest BCUT2D eigenvalue weighted by Gasteiger charge is 2.21. The van der Waals surface area contributed by atoms with E-state index in [1.807, 2.05) is 0 Å². The molecule has 0 aromatic carbocycles. The summed E-state index contributed by atoms with van der Waals surface area (Å²) in [5.41, 5.74) is 3.48. The van der Waals surface area contributed by atoms with Crippen LogP contribution in [0.4, 0.5) is 0 Å². The number of aromatic nitrogens is 2. The molecule has 2 N–H and O–H groups in total. The van der Waals surface area contributed by atoms with E-state index in [4.69, 9.17) is 0 Å². The summed E-state index contributed by atoms with van der Waals surface area (Å²) >= 11 is 0. The number of hydrogen-bond acceptors (Lipinski definition) is 3. The second-order valence-electron chi connectivity index (χ2n) is 5.37. The number of aryl methyl sites for hydroxylation is 2. The second-order valence-corrected chi connectivity index (χ2v) is 5.37. The van der Waals surface area contributed by atoms with E-state index in [0.717, 1.165) is 31.6 Å². The van der Waals surface area contributed by atoms with Gasteiger partial charge in [-0.1, -0.05) is 6.92 Å². The van der Waals surface area contributed by atoms with Crippen molar-refractivity contribution in [2.24, 2.45) is 0 Å². The molecule has 0 aliphatic heterocycles. The molecule has 0 aliphatic carbocycles. The molecule has 1 aromatic rings. The maximum atomic E-state index is 9.43. The molecule has 0 saturated carbocycles. The Balaban J connectivity index is 2.53. The van der Waals surface area contributed by atoms with Gasteiger partial charge in [0.1, 0.15) is 0 Å². The third kappa shape index (κ3) is 3.56. The molecule has 0 fully saturated rings. The minimum atomic E-state index is -0.167. The van der Waals surface area contributed by atoms with Crippen LogP contribution in [0.25, 0.3) is 0 Å². The second kappa shape index (κ2) is 6.34. The van der Waals surface area contributed by atoms with Crippen LogP contribution < -0.4 is 5.32 Å². The minimum Gasteiger partial charge on any atom is -0.394 e. The first-order chi connectivity index (χ1) is 8.43. The number of hydrogen-bond donors (Lipinski definition) is 2.